The van der Waals surface area contributed by atoms with Crippen LogP contribution in [0.15, 0.2) is 0 Å². The molecule has 0 radical (unpaired) electrons. The minimum Gasteiger partial charge on any atom is -0.358 e. The van der Waals surface area contributed by atoms with Gasteiger partial charge in [-0.15, -0.1) is 10.2 Å². The van der Waals surface area contributed by atoms with Crippen molar-refractivity contribution in [2.45, 2.75) is 32.0 Å². The van der Waals surface area contributed by atoms with Gasteiger partial charge in [-0.3, -0.25) is 0 Å². The molecule has 92 valence electrons. The van der Waals surface area contributed by atoms with Crippen LogP contribution in [0.25, 0.3) is 0 Å². The van der Waals surface area contributed by atoms with E-state index in [2.05, 4.69) is 15.5 Å². The summed E-state index contributed by atoms with van der Waals surface area (Å²) in [6.45, 7) is 2.43. The number of alkyl halides is 3. The maximum absolute atomic E-state index is 12.2. The normalized spacial score (nSPS) is 13.8. The third-order valence-corrected chi connectivity index (χ3v) is 2.78. The standard InChI is InChI=1S/C8H13F3N4S/c1-5(3-2-4-12)13-7-15-14-6(16-7)8(9,10)11/h5H,2-4,12H2,1H3,(H,13,15). The van der Waals surface area contributed by atoms with Gasteiger partial charge < -0.3 is 11.1 Å². The quantitative estimate of drug-likeness (QED) is 0.844. The molecule has 1 rings (SSSR count). The predicted molar refractivity (Wildman–Crippen MR) is 56.3 cm³/mol. The molecular formula is C8H13F3N4S. The third kappa shape index (κ3) is 3.93. The Kier molecular flexibility index (Phi) is 4.48. The molecule has 8 heteroatoms. The largest absolute Gasteiger partial charge is 0.445 e. The lowest BCUT2D eigenvalue weighted by molar-refractivity contribution is -0.138. The van der Waals surface area contributed by atoms with Gasteiger partial charge in [0.2, 0.25) is 10.1 Å². The van der Waals surface area contributed by atoms with Crippen LogP contribution in [0.5, 0.6) is 0 Å². The molecule has 1 aromatic rings. The SMILES string of the molecule is CC(CCCN)Nc1nnc(C(F)(F)F)s1. The molecular weight excluding hydrogens is 241 g/mol. The molecule has 1 unspecified atom stereocenters. The number of nitrogens with zero attached hydrogens (tertiary/aromatic N) is 2. The predicted octanol–water partition coefficient (Wildman–Crippen LogP) is 2.10. The number of rotatable bonds is 5. The monoisotopic (exact) mass is 254 g/mol. The first kappa shape index (κ1) is 13.2. The summed E-state index contributed by atoms with van der Waals surface area (Å²) >= 11 is 0.512. The van der Waals surface area contributed by atoms with Gasteiger partial charge in [0.05, 0.1) is 0 Å². The molecule has 0 amide bonds. The molecule has 16 heavy (non-hydrogen) atoms. The van der Waals surface area contributed by atoms with Gasteiger partial charge in [0.1, 0.15) is 0 Å². The highest BCUT2D eigenvalue weighted by molar-refractivity contribution is 7.15. The lowest BCUT2D eigenvalue weighted by Gasteiger charge is -2.10. The summed E-state index contributed by atoms with van der Waals surface area (Å²) in [5.74, 6) is 0. The zero-order valence-corrected chi connectivity index (χ0v) is 9.53. The van der Waals surface area contributed by atoms with E-state index < -0.39 is 11.2 Å². The van der Waals surface area contributed by atoms with Gasteiger partial charge in [0.25, 0.3) is 0 Å². The van der Waals surface area contributed by atoms with Gasteiger partial charge in [-0.05, 0) is 26.3 Å². The smallest absolute Gasteiger partial charge is 0.358 e. The van der Waals surface area contributed by atoms with E-state index in [9.17, 15) is 13.2 Å². The molecule has 1 atom stereocenters. The molecule has 1 aromatic heterocycles. The van der Waals surface area contributed by atoms with Crippen molar-refractivity contribution in [3.05, 3.63) is 5.01 Å². The van der Waals surface area contributed by atoms with Crippen LogP contribution in [-0.4, -0.2) is 22.8 Å². The Morgan fingerprint density at radius 1 is 1.44 bits per heavy atom. The first-order valence-electron chi connectivity index (χ1n) is 4.80. The van der Waals surface area contributed by atoms with Crippen LogP contribution in [0, 0.1) is 0 Å². The molecule has 0 fully saturated rings. The lowest BCUT2D eigenvalue weighted by Crippen LogP contribution is -2.16. The molecule has 0 aliphatic rings. The van der Waals surface area contributed by atoms with Crippen LogP contribution < -0.4 is 11.1 Å². The molecule has 0 aromatic carbocycles. The molecule has 0 aliphatic heterocycles. The molecule has 3 N–H and O–H groups in total. The summed E-state index contributed by atoms with van der Waals surface area (Å²) in [5.41, 5.74) is 5.33. The van der Waals surface area contributed by atoms with E-state index in [1.807, 2.05) is 6.92 Å². The van der Waals surface area contributed by atoms with Crippen molar-refractivity contribution in [1.29, 1.82) is 0 Å². The Labute approximate surface area is 95.1 Å². The summed E-state index contributed by atoms with van der Waals surface area (Å²) in [6.07, 6.45) is -2.81. The molecule has 1 heterocycles. The van der Waals surface area contributed by atoms with Crippen molar-refractivity contribution in [2.24, 2.45) is 5.73 Å². The lowest BCUT2D eigenvalue weighted by atomic mass is 10.2. The van der Waals surface area contributed by atoms with Crippen molar-refractivity contribution in [3.63, 3.8) is 0 Å². The molecule has 0 spiro atoms. The average molecular weight is 254 g/mol. The zero-order valence-electron chi connectivity index (χ0n) is 8.71. The van der Waals surface area contributed by atoms with Gasteiger partial charge in [0, 0.05) is 6.04 Å². The summed E-state index contributed by atoms with van der Waals surface area (Å²) in [6, 6.07) is 0.0394. The van der Waals surface area contributed by atoms with Crippen LogP contribution in [0.3, 0.4) is 0 Å². The topological polar surface area (TPSA) is 63.8 Å². The first-order valence-corrected chi connectivity index (χ1v) is 5.62. The summed E-state index contributed by atoms with van der Waals surface area (Å²) in [5, 5.41) is 8.63. The van der Waals surface area contributed by atoms with Gasteiger partial charge in [-0.25, -0.2) is 0 Å². The molecule has 0 aliphatic carbocycles. The van der Waals surface area contributed by atoms with Gasteiger partial charge in [-0.2, -0.15) is 13.2 Å². The van der Waals surface area contributed by atoms with Gasteiger partial charge in [-0.1, -0.05) is 11.3 Å². The Morgan fingerprint density at radius 2 is 2.12 bits per heavy atom. The Balaban J connectivity index is 2.52. The highest BCUT2D eigenvalue weighted by Gasteiger charge is 2.35. The third-order valence-electron chi connectivity index (χ3n) is 1.88. The molecule has 0 bridgehead atoms. The van der Waals surface area contributed by atoms with Crippen molar-refractivity contribution < 1.29 is 13.2 Å². The number of anilines is 1. The van der Waals surface area contributed by atoms with Crippen LogP contribution in [0.4, 0.5) is 18.3 Å². The van der Waals surface area contributed by atoms with Crippen LogP contribution in [0.2, 0.25) is 0 Å². The Hall–Kier alpha value is -0.890. The molecule has 0 saturated carbocycles. The average Bonchev–Trinajstić information content (AvgIpc) is 2.62. The highest BCUT2D eigenvalue weighted by Crippen LogP contribution is 2.33. The maximum atomic E-state index is 12.2. The summed E-state index contributed by atoms with van der Waals surface area (Å²) < 4.78 is 36.6. The highest BCUT2D eigenvalue weighted by atomic mass is 32.1. The van der Waals surface area contributed by atoms with Gasteiger partial charge in [0.15, 0.2) is 0 Å². The second kappa shape index (κ2) is 5.44. The van der Waals surface area contributed by atoms with Crippen molar-refractivity contribution in [2.75, 3.05) is 11.9 Å². The number of nitrogens with one attached hydrogen (secondary N) is 1. The van der Waals surface area contributed by atoms with E-state index in [4.69, 9.17) is 5.73 Å². The van der Waals surface area contributed by atoms with Crippen LogP contribution in [-0.2, 0) is 6.18 Å². The fourth-order valence-electron chi connectivity index (χ4n) is 1.10. The minimum absolute atomic E-state index is 0.0394. The fourth-order valence-corrected chi connectivity index (χ4v) is 1.83. The number of hydrogen-bond donors (Lipinski definition) is 2. The van der Waals surface area contributed by atoms with Crippen molar-refractivity contribution >= 4 is 16.5 Å². The number of aromatic nitrogens is 2. The van der Waals surface area contributed by atoms with Crippen molar-refractivity contribution in [1.82, 2.24) is 10.2 Å². The van der Waals surface area contributed by atoms with Gasteiger partial charge >= 0.3 is 6.18 Å². The van der Waals surface area contributed by atoms with E-state index >= 15 is 0 Å². The van der Waals surface area contributed by atoms with E-state index in [0.717, 1.165) is 12.8 Å². The number of hydrogen-bond acceptors (Lipinski definition) is 5. The van der Waals surface area contributed by atoms with Crippen molar-refractivity contribution in [3.8, 4) is 0 Å². The maximum Gasteiger partial charge on any atom is 0.445 e. The minimum atomic E-state index is -4.42. The van der Waals surface area contributed by atoms with E-state index in [1.54, 1.807) is 0 Å². The Bertz CT molecular complexity index is 325. The summed E-state index contributed by atoms with van der Waals surface area (Å²) in [4.78, 5) is 0. The summed E-state index contributed by atoms with van der Waals surface area (Å²) in [7, 11) is 0. The van der Waals surface area contributed by atoms with Crippen LogP contribution >= 0.6 is 11.3 Å². The second-order valence-corrected chi connectivity index (χ2v) is 4.36. The van der Waals surface area contributed by atoms with E-state index in [-0.39, 0.29) is 11.2 Å². The van der Waals surface area contributed by atoms with Crippen LogP contribution in [0.1, 0.15) is 24.8 Å². The zero-order chi connectivity index (χ0) is 12.2. The number of halogens is 3. The van der Waals surface area contributed by atoms with E-state index in [0.29, 0.717) is 17.9 Å². The van der Waals surface area contributed by atoms with E-state index in [1.165, 1.54) is 0 Å². The first-order chi connectivity index (χ1) is 7.43. The Morgan fingerprint density at radius 3 is 2.62 bits per heavy atom. The fraction of sp³-hybridized carbons (Fsp3) is 0.750. The molecule has 0 saturated heterocycles. The molecule has 4 nitrogen and oxygen atoms in total. The number of nitrogens with two attached hydrogens (primary N) is 1. The second-order valence-electron chi connectivity index (χ2n) is 3.39.